The molecule has 0 saturated carbocycles. The van der Waals surface area contributed by atoms with E-state index in [1.54, 1.807) is 0 Å². The van der Waals surface area contributed by atoms with Gasteiger partial charge in [-0.15, -0.1) is 11.3 Å². The molecule has 1 N–H and O–H groups in total. The zero-order valence-corrected chi connectivity index (χ0v) is 15.9. The van der Waals surface area contributed by atoms with Crippen molar-refractivity contribution in [2.45, 2.75) is 32.6 Å². The second-order valence-electron chi connectivity index (χ2n) is 6.60. The summed E-state index contributed by atoms with van der Waals surface area (Å²) in [5, 5.41) is 8.13. The van der Waals surface area contributed by atoms with Crippen LogP contribution in [0, 0.1) is 13.8 Å². The number of aromatic amines is 1. The molecule has 4 heterocycles. The third-order valence-corrected chi connectivity index (χ3v) is 6.18. The van der Waals surface area contributed by atoms with Gasteiger partial charge in [-0.05, 0) is 38.3 Å². The molecule has 0 spiro atoms. The summed E-state index contributed by atoms with van der Waals surface area (Å²) in [5.41, 5.74) is 2.11. The average Bonchev–Trinajstić information content (AvgIpc) is 3.29. The number of hydrogen-bond acceptors (Lipinski definition) is 7. The Labute approximate surface area is 155 Å². The van der Waals surface area contributed by atoms with Gasteiger partial charge in [-0.2, -0.15) is 5.10 Å². The van der Waals surface area contributed by atoms with Gasteiger partial charge in [-0.25, -0.2) is 14.8 Å². The van der Waals surface area contributed by atoms with Gasteiger partial charge in [0.25, 0.3) is 0 Å². The molecule has 1 fully saturated rings. The van der Waals surface area contributed by atoms with Gasteiger partial charge < -0.3 is 9.64 Å². The Balaban J connectivity index is 1.68. The highest BCUT2D eigenvalue weighted by atomic mass is 32.1. The van der Waals surface area contributed by atoms with Crippen molar-refractivity contribution in [3.8, 4) is 0 Å². The van der Waals surface area contributed by atoms with Gasteiger partial charge in [0.1, 0.15) is 21.3 Å². The molecule has 0 radical (unpaired) electrons. The van der Waals surface area contributed by atoms with E-state index in [1.165, 1.54) is 24.1 Å². The number of rotatable bonds is 3. The number of aryl methyl sites for hydroxylation is 2. The predicted octanol–water partition coefficient (Wildman–Crippen LogP) is 3.20. The van der Waals surface area contributed by atoms with E-state index in [2.05, 4.69) is 26.1 Å². The van der Waals surface area contributed by atoms with Crippen LogP contribution in [0.1, 0.15) is 45.5 Å². The van der Waals surface area contributed by atoms with Gasteiger partial charge in [0, 0.05) is 30.9 Å². The molecule has 1 aliphatic rings. The summed E-state index contributed by atoms with van der Waals surface area (Å²) in [6.07, 6.45) is 3.89. The minimum atomic E-state index is -0.313. The first-order chi connectivity index (χ1) is 12.6. The number of esters is 1. The van der Waals surface area contributed by atoms with E-state index < -0.39 is 0 Å². The smallest absolute Gasteiger partial charge is 0.348 e. The second-order valence-corrected chi connectivity index (χ2v) is 7.59. The highest BCUT2D eigenvalue weighted by Gasteiger charge is 2.27. The maximum Gasteiger partial charge on any atom is 0.348 e. The Morgan fingerprint density at radius 2 is 2.08 bits per heavy atom. The number of thiophene rings is 1. The third-order valence-electron chi connectivity index (χ3n) is 5.01. The number of methoxy groups -OCH3 is 1. The summed E-state index contributed by atoms with van der Waals surface area (Å²) < 4.78 is 4.92. The quantitative estimate of drug-likeness (QED) is 0.712. The molecular weight excluding hydrogens is 350 g/mol. The van der Waals surface area contributed by atoms with Crippen LogP contribution in [0.4, 0.5) is 5.82 Å². The van der Waals surface area contributed by atoms with Crippen molar-refractivity contribution in [3.05, 3.63) is 34.2 Å². The first-order valence-corrected chi connectivity index (χ1v) is 9.50. The van der Waals surface area contributed by atoms with E-state index in [4.69, 9.17) is 9.72 Å². The lowest BCUT2D eigenvalue weighted by atomic mass is 9.93. The van der Waals surface area contributed by atoms with E-state index in [0.717, 1.165) is 53.4 Å². The minimum absolute atomic E-state index is 0.313. The molecule has 3 aromatic heterocycles. The van der Waals surface area contributed by atoms with E-state index >= 15 is 0 Å². The number of carbonyl (C=O) groups is 1. The van der Waals surface area contributed by atoms with Crippen LogP contribution in [0.2, 0.25) is 0 Å². The van der Waals surface area contributed by atoms with Crippen molar-refractivity contribution in [1.82, 2.24) is 20.2 Å². The molecular formula is C18H21N5O2S. The Bertz CT molecular complexity index is 942. The van der Waals surface area contributed by atoms with Crippen LogP contribution < -0.4 is 4.90 Å². The average molecular weight is 371 g/mol. The molecule has 0 unspecified atom stereocenters. The summed E-state index contributed by atoms with van der Waals surface area (Å²) in [4.78, 5) is 25.1. The Morgan fingerprint density at radius 1 is 1.31 bits per heavy atom. The lowest BCUT2D eigenvalue weighted by molar-refractivity contribution is 0.0605. The van der Waals surface area contributed by atoms with Crippen molar-refractivity contribution < 1.29 is 9.53 Å². The predicted molar refractivity (Wildman–Crippen MR) is 101 cm³/mol. The topological polar surface area (TPSA) is 84.0 Å². The van der Waals surface area contributed by atoms with Gasteiger partial charge in [-0.3, -0.25) is 5.10 Å². The lowest BCUT2D eigenvalue weighted by Gasteiger charge is -2.32. The molecule has 7 nitrogen and oxygen atoms in total. The number of anilines is 1. The zero-order valence-electron chi connectivity index (χ0n) is 15.1. The number of nitrogens with one attached hydrogen (secondary N) is 1. The van der Waals surface area contributed by atoms with Gasteiger partial charge >= 0.3 is 5.97 Å². The third kappa shape index (κ3) is 2.84. The zero-order chi connectivity index (χ0) is 18.3. The van der Waals surface area contributed by atoms with Crippen LogP contribution in [-0.2, 0) is 4.74 Å². The number of ether oxygens (including phenoxy) is 1. The fourth-order valence-corrected chi connectivity index (χ4v) is 4.77. The minimum Gasteiger partial charge on any atom is -0.465 e. The van der Waals surface area contributed by atoms with E-state index in [0.29, 0.717) is 10.8 Å². The van der Waals surface area contributed by atoms with Crippen molar-refractivity contribution in [2.75, 3.05) is 25.1 Å². The van der Waals surface area contributed by atoms with Gasteiger partial charge in [0.2, 0.25) is 0 Å². The number of hydrogen-bond donors (Lipinski definition) is 1. The monoisotopic (exact) mass is 371 g/mol. The number of nitrogens with zero attached hydrogens (tertiary/aromatic N) is 4. The summed E-state index contributed by atoms with van der Waals surface area (Å²) in [5.74, 6) is 1.84. The molecule has 0 bridgehead atoms. The van der Waals surface area contributed by atoms with Crippen molar-refractivity contribution in [3.63, 3.8) is 0 Å². The van der Waals surface area contributed by atoms with Crippen LogP contribution in [-0.4, -0.2) is 46.3 Å². The SMILES string of the molecule is COC(=O)c1sc2nc(C)nc(N3CCC(c4ccn[nH]4)CC3)c2c1C. The molecule has 1 aliphatic heterocycles. The Morgan fingerprint density at radius 3 is 2.73 bits per heavy atom. The summed E-state index contributed by atoms with van der Waals surface area (Å²) in [6.45, 7) is 5.67. The first-order valence-electron chi connectivity index (χ1n) is 8.68. The fraction of sp³-hybridized carbons (Fsp3) is 0.444. The first kappa shape index (κ1) is 17.0. The van der Waals surface area contributed by atoms with E-state index in [9.17, 15) is 4.79 Å². The van der Waals surface area contributed by atoms with Crippen LogP contribution in [0.3, 0.4) is 0 Å². The molecule has 0 aromatic carbocycles. The normalized spacial score (nSPS) is 15.6. The van der Waals surface area contributed by atoms with E-state index in [-0.39, 0.29) is 5.97 Å². The Kier molecular flexibility index (Phi) is 4.36. The van der Waals surface area contributed by atoms with Crippen LogP contribution in [0.15, 0.2) is 12.3 Å². The highest BCUT2D eigenvalue weighted by molar-refractivity contribution is 7.20. The second kappa shape index (κ2) is 6.68. The molecule has 4 rings (SSSR count). The molecule has 8 heteroatoms. The molecule has 0 amide bonds. The molecule has 0 atom stereocenters. The summed E-state index contributed by atoms with van der Waals surface area (Å²) in [7, 11) is 1.41. The number of H-pyrrole nitrogens is 1. The molecule has 1 saturated heterocycles. The number of aromatic nitrogens is 4. The van der Waals surface area contributed by atoms with Crippen molar-refractivity contribution >= 4 is 33.3 Å². The lowest BCUT2D eigenvalue weighted by Crippen LogP contribution is -2.34. The highest BCUT2D eigenvalue weighted by Crippen LogP contribution is 2.38. The van der Waals surface area contributed by atoms with Crippen LogP contribution >= 0.6 is 11.3 Å². The van der Waals surface area contributed by atoms with E-state index in [1.807, 2.05) is 20.0 Å². The van der Waals surface area contributed by atoms with Gasteiger partial charge in [0.15, 0.2) is 0 Å². The Hall–Kier alpha value is -2.48. The number of piperidine rings is 1. The largest absolute Gasteiger partial charge is 0.465 e. The molecule has 26 heavy (non-hydrogen) atoms. The molecule has 0 aliphatic carbocycles. The van der Waals surface area contributed by atoms with Crippen LogP contribution in [0.25, 0.3) is 10.2 Å². The number of fused-ring (bicyclic) bond motifs is 1. The van der Waals surface area contributed by atoms with Crippen molar-refractivity contribution in [2.24, 2.45) is 0 Å². The maximum atomic E-state index is 12.1. The summed E-state index contributed by atoms with van der Waals surface area (Å²) in [6, 6.07) is 2.05. The van der Waals surface area contributed by atoms with Gasteiger partial charge in [0.05, 0.1) is 12.5 Å². The molecule has 136 valence electrons. The standard InChI is InChI=1S/C18H21N5O2S/c1-10-14-16(20-11(2)21-17(14)26-15(10)18(24)25-3)23-8-5-12(6-9-23)13-4-7-19-22-13/h4,7,12H,5-6,8-9H2,1-3H3,(H,19,22). The van der Waals surface area contributed by atoms with Crippen molar-refractivity contribution in [1.29, 1.82) is 0 Å². The summed E-state index contributed by atoms with van der Waals surface area (Å²) >= 11 is 1.38. The maximum absolute atomic E-state index is 12.1. The van der Waals surface area contributed by atoms with Crippen LogP contribution in [0.5, 0.6) is 0 Å². The number of carbonyl (C=O) groups excluding carboxylic acids is 1. The fourth-order valence-electron chi connectivity index (χ4n) is 3.63. The molecule has 3 aromatic rings. The van der Waals surface area contributed by atoms with Gasteiger partial charge in [-0.1, -0.05) is 0 Å².